The van der Waals surface area contributed by atoms with Crippen LogP contribution in [0.15, 0.2) is 23.9 Å². The molecule has 2 N–H and O–H groups in total. The first kappa shape index (κ1) is 15.4. The van der Waals surface area contributed by atoms with Crippen LogP contribution in [-0.4, -0.2) is 19.0 Å². The Hall–Kier alpha value is -1.09. The lowest BCUT2D eigenvalue weighted by atomic mass is 9.47. The molecule has 0 spiro atoms. The second kappa shape index (κ2) is 4.95. The van der Waals surface area contributed by atoms with E-state index in [0.29, 0.717) is 29.5 Å². The molecular weight excluding hydrogens is 286 g/mol. The third kappa shape index (κ3) is 1.95. The van der Waals surface area contributed by atoms with Crippen LogP contribution in [0.4, 0.5) is 0 Å². The van der Waals surface area contributed by atoms with Crippen molar-refractivity contribution in [2.45, 2.75) is 52.1 Å². The highest BCUT2D eigenvalue weighted by molar-refractivity contribution is 5.87. The highest BCUT2D eigenvalue weighted by atomic mass is 16.5. The number of carbonyl (C=O) groups is 1. The van der Waals surface area contributed by atoms with Gasteiger partial charge in [-0.1, -0.05) is 26.0 Å². The van der Waals surface area contributed by atoms with Gasteiger partial charge in [0, 0.05) is 24.6 Å². The van der Waals surface area contributed by atoms with Gasteiger partial charge in [-0.3, -0.25) is 4.79 Å². The van der Waals surface area contributed by atoms with E-state index in [4.69, 9.17) is 10.5 Å². The van der Waals surface area contributed by atoms with E-state index in [1.807, 2.05) is 0 Å². The first-order chi connectivity index (χ1) is 10.9. The van der Waals surface area contributed by atoms with E-state index in [1.54, 1.807) is 7.11 Å². The Morgan fingerprint density at radius 1 is 1.22 bits per heavy atom. The summed E-state index contributed by atoms with van der Waals surface area (Å²) in [6, 6.07) is 0. The summed E-state index contributed by atoms with van der Waals surface area (Å²) in [5.74, 6) is 2.71. The second-order valence-corrected chi connectivity index (χ2v) is 8.76. The lowest BCUT2D eigenvalue weighted by Gasteiger charge is -2.58. The predicted molar refractivity (Wildman–Crippen MR) is 90.5 cm³/mol. The Labute approximate surface area is 139 Å². The zero-order valence-corrected chi connectivity index (χ0v) is 14.5. The number of ketones is 1. The Balaban J connectivity index is 1.68. The molecule has 0 aromatic rings. The fraction of sp³-hybridized carbons (Fsp3) is 0.750. The summed E-state index contributed by atoms with van der Waals surface area (Å²) in [7, 11) is 1.71. The predicted octanol–water partition coefficient (Wildman–Crippen LogP) is 3.45. The fourth-order valence-corrected chi connectivity index (χ4v) is 6.64. The smallest absolute Gasteiger partial charge is 0.162 e. The number of fused-ring (bicyclic) bond motifs is 5. The number of methoxy groups -OCH3 is 1. The molecule has 0 aliphatic heterocycles. The number of ether oxygens (including phenoxy) is 1. The van der Waals surface area contributed by atoms with Gasteiger partial charge in [0.15, 0.2) is 5.78 Å². The minimum absolute atomic E-state index is 0.0451. The summed E-state index contributed by atoms with van der Waals surface area (Å²) < 4.78 is 5.63. The van der Waals surface area contributed by atoms with Gasteiger partial charge in [-0.15, -0.1) is 0 Å². The minimum Gasteiger partial charge on any atom is -0.399 e. The van der Waals surface area contributed by atoms with Gasteiger partial charge in [0.2, 0.25) is 0 Å². The van der Waals surface area contributed by atoms with Crippen molar-refractivity contribution in [2.24, 2.45) is 40.2 Å². The monoisotopic (exact) mass is 315 g/mol. The zero-order chi connectivity index (χ0) is 16.4. The fourth-order valence-electron chi connectivity index (χ4n) is 6.64. The molecule has 3 nitrogen and oxygen atoms in total. The van der Waals surface area contributed by atoms with E-state index in [9.17, 15) is 4.79 Å². The van der Waals surface area contributed by atoms with Gasteiger partial charge in [-0.05, 0) is 60.8 Å². The van der Waals surface area contributed by atoms with E-state index < -0.39 is 0 Å². The molecular formula is C20H29NO2. The molecule has 4 aliphatic carbocycles. The number of allylic oxidation sites excluding steroid dienone is 3. The normalized spacial score (nSPS) is 51.7. The summed E-state index contributed by atoms with van der Waals surface area (Å²) >= 11 is 0. The molecule has 23 heavy (non-hydrogen) atoms. The maximum Gasteiger partial charge on any atom is 0.162 e. The van der Waals surface area contributed by atoms with Crippen molar-refractivity contribution < 1.29 is 9.53 Å². The van der Waals surface area contributed by atoms with Crippen LogP contribution in [0.2, 0.25) is 0 Å². The highest BCUT2D eigenvalue weighted by Gasteiger charge is 2.61. The molecule has 0 bridgehead atoms. The summed E-state index contributed by atoms with van der Waals surface area (Å²) in [6.45, 7) is 4.72. The Morgan fingerprint density at radius 2 is 2.00 bits per heavy atom. The van der Waals surface area contributed by atoms with E-state index in [-0.39, 0.29) is 16.9 Å². The summed E-state index contributed by atoms with van der Waals surface area (Å²) in [5.41, 5.74) is 7.22. The maximum absolute atomic E-state index is 12.5. The number of carbonyl (C=O) groups excluding carboxylic acids is 1. The molecule has 0 radical (unpaired) electrons. The first-order valence-corrected chi connectivity index (χ1v) is 9.12. The van der Waals surface area contributed by atoms with Gasteiger partial charge >= 0.3 is 0 Å². The second-order valence-electron chi connectivity index (χ2n) is 8.76. The van der Waals surface area contributed by atoms with Gasteiger partial charge in [0.1, 0.15) is 6.10 Å². The summed E-state index contributed by atoms with van der Waals surface area (Å²) in [6.07, 6.45) is 12.0. The number of hydrogen-bond donors (Lipinski definition) is 1. The molecule has 0 aromatic carbocycles. The van der Waals surface area contributed by atoms with Crippen LogP contribution < -0.4 is 5.73 Å². The van der Waals surface area contributed by atoms with E-state index >= 15 is 0 Å². The average molecular weight is 315 g/mol. The number of Topliss-reactive ketones (excluding diaryl/α,β-unsaturated/α-hetero) is 1. The number of rotatable bonds is 1. The van der Waals surface area contributed by atoms with Crippen LogP contribution in [0.3, 0.4) is 0 Å². The molecule has 0 amide bonds. The molecule has 3 fully saturated rings. The summed E-state index contributed by atoms with van der Waals surface area (Å²) in [5, 5.41) is 0. The Morgan fingerprint density at radius 3 is 2.74 bits per heavy atom. The molecule has 4 rings (SSSR count). The largest absolute Gasteiger partial charge is 0.399 e. The average Bonchev–Trinajstić information content (AvgIpc) is 2.77. The third-order valence-corrected chi connectivity index (χ3v) is 7.86. The van der Waals surface area contributed by atoms with Crippen molar-refractivity contribution >= 4 is 5.78 Å². The molecule has 0 aromatic heterocycles. The SMILES string of the molecule is COC1C(=O)C[C@H]2[C@@H]3CCC4C=C(N)C=C[C@]4(C)[C@@H]3CC[C@]12C. The quantitative estimate of drug-likeness (QED) is 0.806. The molecule has 3 saturated carbocycles. The third-order valence-electron chi connectivity index (χ3n) is 7.86. The highest BCUT2D eigenvalue weighted by Crippen LogP contribution is 2.64. The van der Waals surface area contributed by atoms with Crippen molar-refractivity contribution in [3.63, 3.8) is 0 Å². The lowest BCUT2D eigenvalue weighted by Crippen LogP contribution is -2.52. The van der Waals surface area contributed by atoms with Gasteiger partial charge in [0.05, 0.1) is 0 Å². The van der Waals surface area contributed by atoms with Crippen molar-refractivity contribution in [3.8, 4) is 0 Å². The van der Waals surface area contributed by atoms with Gasteiger partial charge in [0.25, 0.3) is 0 Å². The number of hydrogen-bond acceptors (Lipinski definition) is 3. The maximum atomic E-state index is 12.5. The minimum atomic E-state index is -0.184. The van der Waals surface area contributed by atoms with Crippen LogP contribution in [0.25, 0.3) is 0 Å². The lowest BCUT2D eigenvalue weighted by molar-refractivity contribution is -0.132. The van der Waals surface area contributed by atoms with E-state index in [2.05, 4.69) is 32.1 Å². The van der Waals surface area contributed by atoms with Gasteiger partial charge < -0.3 is 10.5 Å². The standard InChI is InChI=1S/C20H29NO2/c1-19-8-6-13(21)10-12(19)4-5-14-15(19)7-9-20(2)16(14)11-17(22)18(20)23-3/h6,8,10,12,14-16,18H,4-5,7,9,11,21H2,1-3H3/t12?,14-,15-,16+,18?,19+,20+/m1/s1. The zero-order valence-electron chi connectivity index (χ0n) is 14.5. The molecule has 126 valence electrons. The van der Waals surface area contributed by atoms with Gasteiger partial charge in [-0.2, -0.15) is 0 Å². The molecule has 0 saturated heterocycles. The van der Waals surface area contributed by atoms with Crippen molar-refractivity contribution in [1.82, 2.24) is 0 Å². The van der Waals surface area contributed by atoms with Crippen LogP contribution in [0, 0.1) is 34.5 Å². The van der Waals surface area contributed by atoms with Crippen LogP contribution in [-0.2, 0) is 9.53 Å². The number of nitrogens with two attached hydrogens (primary N) is 1. The molecule has 7 atom stereocenters. The van der Waals surface area contributed by atoms with Crippen LogP contribution in [0.1, 0.15) is 46.0 Å². The molecule has 2 unspecified atom stereocenters. The van der Waals surface area contributed by atoms with Crippen LogP contribution >= 0.6 is 0 Å². The van der Waals surface area contributed by atoms with E-state index in [0.717, 1.165) is 18.5 Å². The first-order valence-electron chi connectivity index (χ1n) is 9.12. The molecule has 4 aliphatic rings. The molecule has 0 heterocycles. The van der Waals surface area contributed by atoms with E-state index in [1.165, 1.54) is 19.3 Å². The van der Waals surface area contributed by atoms with Crippen molar-refractivity contribution in [1.29, 1.82) is 0 Å². The van der Waals surface area contributed by atoms with Crippen molar-refractivity contribution in [2.75, 3.05) is 7.11 Å². The Kier molecular flexibility index (Phi) is 3.32. The van der Waals surface area contributed by atoms with Crippen LogP contribution in [0.5, 0.6) is 0 Å². The topological polar surface area (TPSA) is 52.3 Å². The van der Waals surface area contributed by atoms with Crippen molar-refractivity contribution in [3.05, 3.63) is 23.9 Å². The molecule has 3 heteroatoms. The van der Waals surface area contributed by atoms with Gasteiger partial charge in [-0.25, -0.2) is 0 Å². The Bertz CT molecular complexity index is 594. The summed E-state index contributed by atoms with van der Waals surface area (Å²) in [4.78, 5) is 12.5.